The van der Waals surface area contributed by atoms with Crippen LogP contribution in [0.3, 0.4) is 0 Å². The lowest BCUT2D eigenvalue weighted by Gasteiger charge is -2.15. The van der Waals surface area contributed by atoms with E-state index < -0.39 is 11.9 Å². The molecule has 0 aliphatic carbocycles. The monoisotopic (exact) mass is 328 g/mol. The summed E-state index contributed by atoms with van der Waals surface area (Å²) in [5.41, 5.74) is 1.65. The van der Waals surface area contributed by atoms with Gasteiger partial charge >= 0.3 is 5.97 Å². The summed E-state index contributed by atoms with van der Waals surface area (Å²) in [7, 11) is 0. The number of carboxylic acid groups (broad SMARTS) is 1. The van der Waals surface area contributed by atoms with Crippen LogP contribution in [0.2, 0.25) is 0 Å². The van der Waals surface area contributed by atoms with Gasteiger partial charge in [0, 0.05) is 25.1 Å². The average Bonchev–Trinajstić information content (AvgIpc) is 3.22. The molecule has 6 heteroatoms. The second-order valence-electron chi connectivity index (χ2n) is 6.44. The molecule has 1 aliphatic rings. The molecule has 2 heterocycles. The minimum absolute atomic E-state index is 0.163. The van der Waals surface area contributed by atoms with Gasteiger partial charge < -0.3 is 14.5 Å². The zero-order chi connectivity index (χ0) is 17.3. The number of likely N-dealkylation sites (tertiary alicyclic amines) is 1. The molecule has 1 aliphatic heterocycles. The van der Waals surface area contributed by atoms with Gasteiger partial charge in [-0.1, -0.05) is 49.3 Å². The highest BCUT2D eigenvalue weighted by Crippen LogP contribution is 2.33. The molecule has 0 saturated carbocycles. The standard InChI is InChI=1S/C18H20N2O4/c1-11(2)15-8-16(24-19-15)17(21)20-9-13(14(10-20)18(22)23)12-6-4-3-5-7-12/h3-8,11,13-14H,9-10H2,1-2H3,(H,22,23). The van der Waals surface area contributed by atoms with Crippen LogP contribution in [0.5, 0.6) is 0 Å². The van der Waals surface area contributed by atoms with Crippen molar-refractivity contribution < 1.29 is 19.2 Å². The number of rotatable bonds is 4. The first-order chi connectivity index (χ1) is 11.5. The van der Waals surface area contributed by atoms with Crippen LogP contribution in [0.4, 0.5) is 0 Å². The molecule has 2 unspecified atom stereocenters. The summed E-state index contributed by atoms with van der Waals surface area (Å²) in [5, 5.41) is 13.4. The molecule has 3 rings (SSSR count). The maximum atomic E-state index is 12.6. The van der Waals surface area contributed by atoms with Gasteiger partial charge in [-0.05, 0) is 11.5 Å². The van der Waals surface area contributed by atoms with E-state index in [1.165, 1.54) is 0 Å². The van der Waals surface area contributed by atoms with E-state index in [1.54, 1.807) is 11.0 Å². The van der Waals surface area contributed by atoms with Crippen molar-refractivity contribution in [3.8, 4) is 0 Å². The summed E-state index contributed by atoms with van der Waals surface area (Å²) in [6.07, 6.45) is 0. The maximum absolute atomic E-state index is 12.6. The van der Waals surface area contributed by atoms with E-state index in [2.05, 4.69) is 5.16 Å². The summed E-state index contributed by atoms with van der Waals surface area (Å²) in [6.45, 7) is 4.46. The number of carbonyl (C=O) groups excluding carboxylic acids is 1. The number of aromatic nitrogens is 1. The highest BCUT2D eigenvalue weighted by atomic mass is 16.5. The molecule has 24 heavy (non-hydrogen) atoms. The molecule has 1 saturated heterocycles. The number of aliphatic carboxylic acids is 1. The van der Waals surface area contributed by atoms with Crippen LogP contribution in [0.15, 0.2) is 40.9 Å². The maximum Gasteiger partial charge on any atom is 0.308 e. The molecular formula is C18H20N2O4. The summed E-state index contributed by atoms with van der Waals surface area (Å²) in [6, 6.07) is 11.1. The van der Waals surface area contributed by atoms with Crippen LogP contribution in [-0.4, -0.2) is 40.1 Å². The SMILES string of the molecule is CC(C)c1cc(C(=O)N2CC(C(=O)O)C(c3ccccc3)C2)on1. The minimum atomic E-state index is -0.889. The number of benzene rings is 1. The summed E-state index contributed by atoms with van der Waals surface area (Å²) < 4.78 is 5.15. The molecule has 0 spiro atoms. The van der Waals surface area contributed by atoms with E-state index in [0.717, 1.165) is 5.56 Å². The third kappa shape index (κ3) is 3.04. The predicted octanol–water partition coefficient (Wildman–Crippen LogP) is 2.74. The molecule has 2 aromatic rings. The topological polar surface area (TPSA) is 83.6 Å². The Morgan fingerprint density at radius 3 is 2.54 bits per heavy atom. The third-order valence-corrected chi connectivity index (χ3v) is 4.48. The Morgan fingerprint density at radius 2 is 1.96 bits per heavy atom. The van der Waals surface area contributed by atoms with Gasteiger partial charge in [0.1, 0.15) is 0 Å². The van der Waals surface area contributed by atoms with Gasteiger partial charge in [-0.25, -0.2) is 0 Å². The van der Waals surface area contributed by atoms with Gasteiger partial charge in [0.2, 0.25) is 5.76 Å². The second kappa shape index (κ2) is 6.47. The Morgan fingerprint density at radius 1 is 1.25 bits per heavy atom. The van der Waals surface area contributed by atoms with Crippen molar-refractivity contribution in [3.05, 3.63) is 53.4 Å². The first-order valence-corrected chi connectivity index (χ1v) is 8.01. The predicted molar refractivity (Wildman–Crippen MR) is 86.8 cm³/mol. The molecule has 1 fully saturated rings. The second-order valence-corrected chi connectivity index (χ2v) is 6.44. The largest absolute Gasteiger partial charge is 0.481 e. The number of hydrogen-bond donors (Lipinski definition) is 1. The van der Waals surface area contributed by atoms with Crippen molar-refractivity contribution >= 4 is 11.9 Å². The molecule has 1 aromatic heterocycles. The van der Waals surface area contributed by atoms with Gasteiger partial charge in [0.25, 0.3) is 5.91 Å². The van der Waals surface area contributed by atoms with Crippen molar-refractivity contribution in [3.63, 3.8) is 0 Å². The Balaban J connectivity index is 1.82. The molecule has 1 N–H and O–H groups in total. The zero-order valence-electron chi connectivity index (χ0n) is 13.7. The van der Waals surface area contributed by atoms with E-state index in [-0.39, 0.29) is 30.0 Å². The van der Waals surface area contributed by atoms with Crippen LogP contribution < -0.4 is 0 Å². The Bertz CT molecular complexity index is 738. The first-order valence-electron chi connectivity index (χ1n) is 8.01. The van der Waals surface area contributed by atoms with Crippen LogP contribution in [0.1, 0.15) is 47.5 Å². The van der Waals surface area contributed by atoms with E-state index in [0.29, 0.717) is 12.2 Å². The van der Waals surface area contributed by atoms with E-state index in [1.807, 2.05) is 44.2 Å². The quantitative estimate of drug-likeness (QED) is 0.933. The van der Waals surface area contributed by atoms with Gasteiger partial charge in [-0.15, -0.1) is 0 Å². The number of carboxylic acids is 1. The third-order valence-electron chi connectivity index (χ3n) is 4.48. The Kier molecular flexibility index (Phi) is 4.38. The van der Waals surface area contributed by atoms with Gasteiger partial charge in [0.05, 0.1) is 11.6 Å². The van der Waals surface area contributed by atoms with Crippen molar-refractivity contribution in [1.29, 1.82) is 0 Å². The Hall–Kier alpha value is -2.63. The van der Waals surface area contributed by atoms with Gasteiger partial charge in [-0.3, -0.25) is 9.59 Å². The van der Waals surface area contributed by atoms with Gasteiger partial charge in [0.15, 0.2) is 0 Å². The number of carbonyl (C=O) groups is 2. The van der Waals surface area contributed by atoms with Crippen LogP contribution in [-0.2, 0) is 4.79 Å². The van der Waals surface area contributed by atoms with E-state index in [9.17, 15) is 14.7 Å². The van der Waals surface area contributed by atoms with Crippen molar-refractivity contribution in [2.45, 2.75) is 25.7 Å². The summed E-state index contributed by atoms with van der Waals surface area (Å²) in [5.74, 6) is -1.71. The summed E-state index contributed by atoms with van der Waals surface area (Å²) >= 11 is 0. The molecular weight excluding hydrogens is 308 g/mol. The number of nitrogens with zero attached hydrogens (tertiary/aromatic N) is 2. The van der Waals surface area contributed by atoms with Crippen molar-refractivity contribution in [1.82, 2.24) is 10.1 Å². The fourth-order valence-corrected chi connectivity index (χ4v) is 3.08. The average molecular weight is 328 g/mol. The Labute approximate surface area is 140 Å². The van der Waals surface area contributed by atoms with Crippen molar-refractivity contribution in [2.24, 2.45) is 5.92 Å². The van der Waals surface area contributed by atoms with Crippen LogP contribution >= 0.6 is 0 Å². The van der Waals surface area contributed by atoms with Gasteiger partial charge in [-0.2, -0.15) is 0 Å². The minimum Gasteiger partial charge on any atom is -0.481 e. The lowest BCUT2D eigenvalue weighted by Crippen LogP contribution is -2.29. The molecule has 1 aromatic carbocycles. The highest BCUT2D eigenvalue weighted by Gasteiger charge is 2.41. The van der Waals surface area contributed by atoms with E-state index >= 15 is 0 Å². The number of hydrogen-bond acceptors (Lipinski definition) is 4. The summed E-state index contributed by atoms with van der Waals surface area (Å²) in [4.78, 5) is 25.8. The van der Waals surface area contributed by atoms with E-state index in [4.69, 9.17) is 4.52 Å². The highest BCUT2D eigenvalue weighted by molar-refractivity contribution is 5.92. The van der Waals surface area contributed by atoms with Crippen LogP contribution in [0, 0.1) is 5.92 Å². The molecule has 0 radical (unpaired) electrons. The zero-order valence-corrected chi connectivity index (χ0v) is 13.7. The molecule has 0 bridgehead atoms. The fraction of sp³-hybridized carbons (Fsp3) is 0.389. The smallest absolute Gasteiger partial charge is 0.308 e. The molecule has 1 amide bonds. The molecule has 126 valence electrons. The lowest BCUT2D eigenvalue weighted by atomic mass is 9.89. The van der Waals surface area contributed by atoms with Crippen molar-refractivity contribution in [2.75, 3.05) is 13.1 Å². The fourth-order valence-electron chi connectivity index (χ4n) is 3.08. The molecule has 2 atom stereocenters. The number of amides is 1. The van der Waals surface area contributed by atoms with Crippen LogP contribution in [0.25, 0.3) is 0 Å². The lowest BCUT2D eigenvalue weighted by molar-refractivity contribution is -0.141. The first kappa shape index (κ1) is 16.2. The normalized spacial score (nSPS) is 20.5. The molecule has 6 nitrogen and oxygen atoms in total.